The lowest BCUT2D eigenvalue weighted by atomic mass is 10.1. The number of hydrogen-bond donors (Lipinski definition) is 1. The zero-order valence-electron chi connectivity index (χ0n) is 20.2. The normalized spacial score (nSPS) is 11.0. The third-order valence-electron chi connectivity index (χ3n) is 5.57. The van der Waals surface area contributed by atoms with Gasteiger partial charge in [0.2, 0.25) is 5.91 Å². The first-order valence-corrected chi connectivity index (χ1v) is 12.2. The minimum atomic E-state index is -0.212. The van der Waals surface area contributed by atoms with E-state index in [0.29, 0.717) is 39.9 Å². The van der Waals surface area contributed by atoms with Crippen molar-refractivity contribution in [3.8, 4) is 22.6 Å². The van der Waals surface area contributed by atoms with Gasteiger partial charge in [0.25, 0.3) is 5.56 Å². The number of nitrogens with one attached hydrogen (secondary N) is 1. The van der Waals surface area contributed by atoms with Crippen LogP contribution in [0, 0.1) is 0 Å². The number of benzene rings is 2. The van der Waals surface area contributed by atoms with Crippen LogP contribution in [0.15, 0.2) is 64.7 Å². The molecule has 8 nitrogen and oxygen atoms in total. The van der Waals surface area contributed by atoms with Crippen LogP contribution >= 0.6 is 11.8 Å². The average Bonchev–Trinajstić information content (AvgIpc) is 3.21. The molecule has 0 unspecified atom stereocenters. The number of fused-ring (bicyclic) bond motifs is 1. The van der Waals surface area contributed by atoms with Gasteiger partial charge in [-0.05, 0) is 24.1 Å². The lowest BCUT2D eigenvalue weighted by Gasteiger charge is -2.13. The summed E-state index contributed by atoms with van der Waals surface area (Å²) in [7, 11) is 4.96. The Hall–Kier alpha value is -3.72. The monoisotopic (exact) mass is 492 g/mol. The molecule has 1 N–H and O–H groups in total. The second kappa shape index (κ2) is 10.7. The minimum Gasteiger partial charge on any atom is -0.493 e. The SMILES string of the molecule is CCCn1c(SCC(=O)Nc2ccc(OC)c(OC)c2)nc2c(-c3ccccc3)cn(C)c2c1=O. The van der Waals surface area contributed by atoms with Crippen LogP contribution in [0.3, 0.4) is 0 Å². The summed E-state index contributed by atoms with van der Waals surface area (Å²) in [6, 6.07) is 15.0. The zero-order chi connectivity index (χ0) is 24.9. The summed E-state index contributed by atoms with van der Waals surface area (Å²) in [6.07, 6.45) is 2.71. The molecule has 35 heavy (non-hydrogen) atoms. The van der Waals surface area contributed by atoms with Crippen LogP contribution in [-0.4, -0.2) is 40.0 Å². The molecule has 0 atom stereocenters. The highest BCUT2D eigenvalue weighted by Crippen LogP contribution is 2.31. The molecule has 182 valence electrons. The number of nitrogens with zero attached hydrogens (tertiary/aromatic N) is 3. The topological polar surface area (TPSA) is 87.4 Å². The van der Waals surface area contributed by atoms with E-state index in [9.17, 15) is 9.59 Å². The second-order valence-corrected chi connectivity index (χ2v) is 8.92. The molecule has 0 saturated heterocycles. The number of hydrogen-bond acceptors (Lipinski definition) is 6. The molecule has 4 aromatic rings. The van der Waals surface area contributed by atoms with Crippen LogP contribution in [0.1, 0.15) is 13.3 Å². The number of rotatable bonds is 9. The number of aromatic nitrogens is 3. The van der Waals surface area contributed by atoms with Gasteiger partial charge in [-0.15, -0.1) is 0 Å². The van der Waals surface area contributed by atoms with E-state index < -0.39 is 0 Å². The van der Waals surface area contributed by atoms with Gasteiger partial charge >= 0.3 is 0 Å². The van der Waals surface area contributed by atoms with Crippen LogP contribution in [0.2, 0.25) is 0 Å². The molecular formula is C26H28N4O4S. The Morgan fingerprint density at radius 3 is 2.51 bits per heavy atom. The van der Waals surface area contributed by atoms with Crippen LogP contribution in [-0.2, 0) is 18.4 Å². The second-order valence-electron chi connectivity index (χ2n) is 7.97. The van der Waals surface area contributed by atoms with E-state index in [1.54, 1.807) is 37.0 Å². The van der Waals surface area contributed by atoms with Gasteiger partial charge in [0, 0.05) is 37.1 Å². The van der Waals surface area contributed by atoms with Crippen molar-refractivity contribution in [1.29, 1.82) is 0 Å². The smallest absolute Gasteiger partial charge is 0.278 e. The fourth-order valence-electron chi connectivity index (χ4n) is 3.95. The molecule has 2 heterocycles. The van der Waals surface area contributed by atoms with Gasteiger partial charge in [0.05, 0.1) is 20.0 Å². The lowest BCUT2D eigenvalue weighted by molar-refractivity contribution is -0.113. The molecule has 0 radical (unpaired) electrons. The van der Waals surface area contributed by atoms with Gasteiger partial charge in [-0.2, -0.15) is 0 Å². The lowest BCUT2D eigenvalue weighted by Crippen LogP contribution is -2.25. The third-order valence-corrected chi connectivity index (χ3v) is 6.55. The van der Waals surface area contributed by atoms with Crippen molar-refractivity contribution in [2.24, 2.45) is 7.05 Å². The molecule has 0 bridgehead atoms. The van der Waals surface area contributed by atoms with Crippen molar-refractivity contribution in [3.63, 3.8) is 0 Å². The molecule has 0 spiro atoms. The Kier molecular flexibility index (Phi) is 7.45. The maximum Gasteiger partial charge on any atom is 0.278 e. The third kappa shape index (κ3) is 5.05. The molecule has 1 amide bonds. The summed E-state index contributed by atoms with van der Waals surface area (Å²) >= 11 is 1.25. The number of thioether (sulfide) groups is 1. The highest BCUT2D eigenvalue weighted by Gasteiger charge is 2.19. The summed E-state index contributed by atoms with van der Waals surface area (Å²) in [5.41, 5.74) is 3.55. The summed E-state index contributed by atoms with van der Waals surface area (Å²) in [4.78, 5) is 31.0. The Balaban J connectivity index is 1.63. The van der Waals surface area contributed by atoms with Gasteiger partial charge in [-0.25, -0.2) is 4.98 Å². The van der Waals surface area contributed by atoms with Crippen molar-refractivity contribution in [3.05, 3.63) is 65.1 Å². The summed E-state index contributed by atoms with van der Waals surface area (Å²) < 4.78 is 14.0. The van der Waals surface area contributed by atoms with Gasteiger partial charge in [0.1, 0.15) is 11.0 Å². The van der Waals surface area contributed by atoms with E-state index in [4.69, 9.17) is 14.5 Å². The number of methoxy groups -OCH3 is 2. The van der Waals surface area contributed by atoms with E-state index >= 15 is 0 Å². The number of anilines is 1. The molecule has 2 aromatic heterocycles. The highest BCUT2D eigenvalue weighted by atomic mass is 32.2. The largest absolute Gasteiger partial charge is 0.493 e. The van der Waals surface area contributed by atoms with Crippen molar-refractivity contribution >= 4 is 34.4 Å². The van der Waals surface area contributed by atoms with E-state index in [1.165, 1.54) is 11.8 Å². The molecule has 0 aliphatic rings. The number of carbonyl (C=O) groups is 1. The summed E-state index contributed by atoms with van der Waals surface area (Å²) in [6.45, 7) is 2.53. The average molecular weight is 493 g/mol. The number of ether oxygens (including phenoxy) is 2. The minimum absolute atomic E-state index is 0.101. The molecule has 2 aromatic carbocycles. The van der Waals surface area contributed by atoms with Crippen LogP contribution < -0.4 is 20.3 Å². The standard InChI is InChI=1S/C26H28N4O4S/c1-5-13-30-25(32)24-23(19(15-29(24)2)17-9-7-6-8-10-17)28-26(30)35-16-22(31)27-18-11-12-20(33-3)21(14-18)34-4/h6-12,14-15H,5,13,16H2,1-4H3,(H,27,31). The predicted octanol–water partition coefficient (Wildman–Crippen LogP) is 4.56. The van der Waals surface area contributed by atoms with Crippen molar-refractivity contribution in [2.75, 3.05) is 25.3 Å². The Morgan fingerprint density at radius 2 is 1.83 bits per heavy atom. The van der Waals surface area contributed by atoms with E-state index in [1.807, 2.05) is 55.1 Å². The Labute approximate surface area is 207 Å². The quantitative estimate of drug-likeness (QED) is 0.272. The molecule has 0 fully saturated rings. The van der Waals surface area contributed by atoms with Crippen LogP contribution in [0.5, 0.6) is 11.5 Å². The van der Waals surface area contributed by atoms with Crippen molar-refractivity contribution in [2.45, 2.75) is 25.0 Å². The fraction of sp³-hybridized carbons (Fsp3) is 0.269. The maximum absolute atomic E-state index is 13.4. The molecule has 4 rings (SSSR count). The molecular weight excluding hydrogens is 464 g/mol. The van der Waals surface area contributed by atoms with Gasteiger partial charge in [-0.3, -0.25) is 14.2 Å². The molecule has 0 saturated carbocycles. The first-order valence-electron chi connectivity index (χ1n) is 11.3. The maximum atomic E-state index is 13.4. The van der Waals surface area contributed by atoms with Crippen molar-refractivity contribution < 1.29 is 14.3 Å². The van der Waals surface area contributed by atoms with E-state index in [-0.39, 0.29) is 17.2 Å². The number of carbonyl (C=O) groups excluding carboxylic acids is 1. The summed E-state index contributed by atoms with van der Waals surface area (Å²) in [5.74, 6) is 0.997. The Bertz CT molecular complexity index is 1410. The molecule has 9 heteroatoms. The first-order chi connectivity index (χ1) is 17.0. The Morgan fingerprint density at radius 1 is 1.09 bits per heavy atom. The van der Waals surface area contributed by atoms with Crippen molar-refractivity contribution in [1.82, 2.24) is 14.1 Å². The molecule has 0 aliphatic carbocycles. The van der Waals surface area contributed by atoms with Gasteiger partial charge in [0.15, 0.2) is 16.7 Å². The van der Waals surface area contributed by atoms with Gasteiger partial charge in [-0.1, -0.05) is 49.0 Å². The molecule has 0 aliphatic heterocycles. The predicted molar refractivity (Wildman–Crippen MR) is 140 cm³/mol. The number of amides is 1. The van der Waals surface area contributed by atoms with E-state index in [2.05, 4.69) is 5.32 Å². The van der Waals surface area contributed by atoms with Crippen LogP contribution in [0.25, 0.3) is 22.2 Å². The number of aryl methyl sites for hydroxylation is 1. The van der Waals surface area contributed by atoms with Crippen LogP contribution in [0.4, 0.5) is 5.69 Å². The summed E-state index contributed by atoms with van der Waals surface area (Å²) in [5, 5.41) is 3.39. The first kappa shape index (κ1) is 24.4. The van der Waals surface area contributed by atoms with Gasteiger partial charge < -0.3 is 19.4 Å². The fourth-order valence-corrected chi connectivity index (χ4v) is 4.77. The highest BCUT2D eigenvalue weighted by molar-refractivity contribution is 7.99. The van der Waals surface area contributed by atoms with E-state index in [0.717, 1.165) is 17.5 Å². The zero-order valence-corrected chi connectivity index (χ0v) is 21.0.